The predicted octanol–water partition coefficient (Wildman–Crippen LogP) is 3.65. The molecule has 0 saturated carbocycles. The number of benzene rings is 2. The van der Waals surface area contributed by atoms with E-state index < -0.39 is 10.0 Å². The first-order valence-corrected chi connectivity index (χ1v) is 12.2. The molecule has 6 nitrogen and oxygen atoms in total. The van der Waals surface area contributed by atoms with Crippen molar-refractivity contribution in [2.24, 2.45) is 23.9 Å². The van der Waals surface area contributed by atoms with E-state index >= 15 is 0 Å². The van der Waals surface area contributed by atoms with E-state index in [1.807, 2.05) is 35.9 Å². The molecule has 0 unspecified atom stereocenters. The highest BCUT2D eigenvalue weighted by atomic mass is 32.2. The Morgan fingerprint density at radius 1 is 1.03 bits per heavy atom. The molecule has 1 aromatic heterocycles. The van der Waals surface area contributed by atoms with Crippen LogP contribution in [0, 0.1) is 11.8 Å². The highest BCUT2D eigenvalue weighted by Crippen LogP contribution is 2.26. The number of piperidine rings is 1. The van der Waals surface area contributed by atoms with Crippen LogP contribution in [0.3, 0.4) is 0 Å². The van der Waals surface area contributed by atoms with Crippen molar-refractivity contribution in [2.45, 2.75) is 25.2 Å². The third-order valence-corrected chi connectivity index (χ3v) is 8.45. The standard InChI is InChI=1S/C22H25N3O3S2/c1-15-12-16(2)14-25(13-15)30(27,28)18-10-8-17(9-11-18)21(26)23-22-24(3)19-6-4-5-7-20(19)29-22/h4-11,15-16H,12-14H2,1-3H3/t15-,16-/m0/s1. The van der Waals surface area contributed by atoms with Crippen LogP contribution >= 0.6 is 11.3 Å². The SMILES string of the molecule is C[C@H]1C[C@H](C)CN(S(=O)(=O)c2ccc(C(=O)N=c3sc4ccccc4n3C)cc2)C1. The summed E-state index contributed by atoms with van der Waals surface area (Å²) in [4.78, 5) is 17.7. The fourth-order valence-corrected chi connectivity index (χ4v) is 6.76. The maximum absolute atomic E-state index is 13.0. The Morgan fingerprint density at radius 2 is 1.67 bits per heavy atom. The van der Waals surface area contributed by atoms with Gasteiger partial charge < -0.3 is 4.57 Å². The first kappa shape index (κ1) is 21.0. The third-order valence-electron chi connectivity index (χ3n) is 5.49. The lowest BCUT2D eigenvalue weighted by Gasteiger charge is -2.34. The van der Waals surface area contributed by atoms with Crippen LogP contribution in [0.4, 0.5) is 0 Å². The van der Waals surface area contributed by atoms with Gasteiger partial charge in [0.25, 0.3) is 5.91 Å². The molecule has 1 saturated heterocycles. The largest absolute Gasteiger partial charge is 0.319 e. The number of hydrogen-bond donors (Lipinski definition) is 0. The summed E-state index contributed by atoms with van der Waals surface area (Å²) in [7, 11) is -1.69. The van der Waals surface area contributed by atoms with Gasteiger partial charge in [0, 0.05) is 25.7 Å². The topological polar surface area (TPSA) is 71.7 Å². The van der Waals surface area contributed by atoms with E-state index in [1.165, 1.54) is 23.5 Å². The second-order valence-electron chi connectivity index (χ2n) is 8.12. The zero-order chi connectivity index (χ0) is 21.5. The van der Waals surface area contributed by atoms with Gasteiger partial charge in [-0.25, -0.2) is 8.42 Å². The van der Waals surface area contributed by atoms with E-state index in [9.17, 15) is 13.2 Å². The average molecular weight is 444 g/mol. The minimum atomic E-state index is -3.56. The highest BCUT2D eigenvalue weighted by Gasteiger charge is 2.31. The number of carbonyl (C=O) groups is 1. The van der Waals surface area contributed by atoms with Gasteiger partial charge in [-0.2, -0.15) is 9.30 Å². The van der Waals surface area contributed by atoms with Crippen LogP contribution in [0.15, 0.2) is 58.4 Å². The molecule has 0 spiro atoms. The molecule has 2 atom stereocenters. The third kappa shape index (κ3) is 3.99. The molecular formula is C22H25N3O3S2. The molecule has 0 bridgehead atoms. The molecule has 1 aliphatic heterocycles. The molecule has 1 amide bonds. The Labute approximate surface area is 180 Å². The Kier molecular flexibility index (Phi) is 5.65. The molecule has 0 radical (unpaired) electrons. The van der Waals surface area contributed by atoms with Crippen molar-refractivity contribution < 1.29 is 13.2 Å². The normalized spacial score (nSPS) is 21.2. The average Bonchev–Trinajstić information content (AvgIpc) is 3.03. The first-order valence-electron chi connectivity index (χ1n) is 9.99. The number of aromatic nitrogens is 1. The van der Waals surface area contributed by atoms with Gasteiger partial charge in [-0.15, -0.1) is 0 Å². The minimum absolute atomic E-state index is 0.216. The summed E-state index contributed by atoms with van der Waals surface area (Å²) in [5, 5.41) is 0. The lowest BCUT2D eigenvalue weighted by atomic mass is 9.94. The highest BCUT2D eigenvalue weighted by molar-refractivity contribution is 7.89. The van der Waals surface area contributed by atoms with Crippen LogP contribution in [0.1, 0.15) is 30.6 Å². The van der Waals surface area contributed by atoms with Crippen LogP contribution in [-0.4, -0.2) is 36.3 Å². The maximum atomic E-state index is 13.0. The lowest BCUT2D eigenvalue weighted by molar-refractivity contribution is 0.0998. The van der Waals surface area contributed by atoms with Crippen molar-refractivity contribution in [1.29, 1.82) is 0 Å². The summed E-state index contributed by atoms with van der Waals surface area (Å²) in [6.45, 7) is 5.22. The number of nitrogens with zero attached hydrogens (tertiary/aromatic N) is 3. The molecule has 1 aliphatic rings. The molecule has 30 heavy (non-hydrogen) atoms. The number of amides is 1. The number of carbonyl (C=O) groups excluding carboxylic acids is 1. The fourth-order valence-electron chi connectivity index (χ4n) is 4.06. The fraction of sp³-hybridized carbons (Fsp3) is 0.364. The van der Waals surface area contributed by atoms with Gasteiger partial charge in [0.15, 0.2) is 4.80 Å². The van der Waals surface area contributed by atoms with Crippen molar-refractivity contribution in [3.05, 3.63) is 58.9 Å². The zero-order valence-corrected chi connectivity index (χ0v) is 18.9. The predicted molar refractivity (Wildman–Crippen MR) is 119 cm³/mol. The number of hydrogen-bond acceptors (Lipinski definition) is 4. The second kappa shape index (κ2) is 8.09. The molecule has 1 fully saturated rings. The van der Waals surface area contributed by atoms with Crippen molar-refractivity contribution >= 4 is 37.5 Å². The van der Waals surface area contributed by atoms with E-state index in [0.29, 0.717) is 35.3 Å². The van der Waals surface area contributed by atoms with Gasteiger partial charge in [-0.1, -0.05) is 37.3 Å². The van der Waals surface area contributed by atoms with E-state index in [4.69, 9.17) is 0 Å². The summed E-state index contributed by atoms with van der Waals surface area (Å²) in [5.41, 5.74) is 1.38. The number of aryl methyl sites for hydroxylation is 1. The Hall–Kier alpha value is -2.29. The van der Waals surface area contributed by atoms with Gasteiger partial charge in [0.2, 0.25) is 10.0 Å². The van der Waals surface area contributed by atoms with Crippen LogP contribution in [0.2, 0.25) is 0 Å². The van der Waals surface area contributed by atoms with Gasteiger partial charge in [-0.3, -0.25) is 4.79 Å². The Balaban J connectivity index is 1.60. The van der Waals surface area contributed by atoms with Crippen molar-refractivity contribution in [3.63, 3.8) is 0 Å². The molecule has 158 valence electrons. The lowest BCUT2D eigenvalue weighted by Crippen LogP contribution is -2.42. The summed E-state index contributed by atoms with van der Waals surface area (Å²) in [6, 6.07) is 14.0. The summed E-state index contributed by atoms with van der Waals surface area (Å²) >= 11 is 1.45. The number of para-hydroxylation sites is 1. The van der Waals surface area contributed by atoms with Gasteiger partial charge in [-0.05, 0) is 54.7 Å². The molecule has 3 aromatic rings. The van der Waals surface area contributed by atoms with E-state index in [2.05, 4.69) is 18.8 Å². The Bertz CT molecular complexity index is 1250. The number of fused-ring (bicyclic) bond motifs is 1. The second-order valence-corrected chi connectivity index (χ2v) is 11.1. The number of rotatable bonds is 3. The van der Waals surface area contributed by atoms with E-state index in [0.717, 1.165) is 16.6 Å². The summed E-state index contributed by atoms with van der Waals surface area (Å²) in [5.74, 6) is 0.289. The van der Waals surface area contributed by atoms with Crippen molar-refractivity contribution in [1.82, 2.24) is 8.87 Å². The number of thiazole rings is 1. The molecule has 8 heteroatoms. The quantitative estimate of drug-likeness (QED) is 0.620. The first-order chi connectivity index (χ1) is 14.3. The molecule has 4 rings (SSSR count). The van der Waals surface area contributed by atoms with Crippen LogP contribution in [0.25, 0.3) is 10.2 Å². The van der Waals surface area contributed by atoms with Gasteiger partial charge >= 0.3 is 0 Å². The molecule has 2 aromatic carbocycles. The van der Waals surface area contributed by atoms with Crippen LogP contribution < -0.4 is 4.80 Å². The van der Waals surface area contributed by atoms with Gasteiger partial charge in [0.05, 0.1) is 15.1 Å². The number of sulfonamides is 1. The molecule has 0 aliphatic carbocycles. The smallest absolute Gasteiger partial charge is 0.279 e. The minimum Gasteiger partial charge on any atom is -0.319 e. The zero-order valence-electron chi connectivity index (χ0n) is 17.3. The van der Waals surface area contributed by atoms with E-state index in [-0.39, 0.29) is 10.8 Å². The summed E-state index contributed by atoms with van der Waals surface area (Å²) in [6.07, 6.45) is 1.04. The van der Waals surface area contributed by atoms with E-state index in [1.54, 1.807) is 16.4 Å². The van der Waals surface area contributed by atoms with Gasteiger partial charge in [0.1, 0.15) is 0 Å². The van der Waals surface area contributed by atoms with Crippen LogP contribution in [0.5, 0.6) is 0 Å². The summed E-state index contributed by atoms with van der Waals surface area (Å²) < 4.78 is 30.5. The molecule has 2 heterocycles. The molecule has 0 N–H and O–H groups in total. The van der Waals surface area contributed by atoms with Crippen LogP contribution in [-0.2, 0) is 17.1 Å². The Morgan fingerprint density at radius 3 is 2.30 bits per heavy atom. The van der Waals surface area contributed by atoms with Crippen molar-refractivity contribution in [2.75, 3.05) is 13.1 Å². The van der Waals surface area contributed by atoms with Crippen molar-refractivity contribution in [3.8, 4) is 0 Å². The monoisotopic (exact) mass is 443 g/mol. The maximum Gasteiger partial charge on any atom is 0.279 e. The molecular weight excluding hydrogens is 418 g/mol.